The van der Waals surface area contributed by atoms with E-state index in [4.69, 9.17) is 9.47 Å². The van der Waals surface area contributed by atoms with Crippen molar-refractivity contribution in [3.63, 3.8) is 0 Å². The summed E-state index contributed by atoms with van der Waals surface area (Å²) < 4.78 is 10.3. The van der Waals surface area contributed by atoms with Gasteiger partial charge in [0.2, 0.25) is 0 Å². The van der Waals surface area contributed by atoms with Gasteiger partial charge in [-0.2, -0.15) is 0 Å². The predicted molar refractivity (Wildman–Crippen MR) is 196 cm³/mol. The second kappa shape index (κ2) is 35.2. The van der Waals surface area contributed by atoms with Crippen LogP contribution in [0.25, 0.3) is 0 Å². The molecule has 0 unspecified atom stereocenters. The molecule has 0 rings (SSSR count). The van der Waals surface area contributed by atoms with Crippen molar-refractivity contribution in [1.82, 2.24) is 0 Å². The zero-order chi connectivity index (χ0) is 33.9. The molecule has 0 amide bonds. The molecule has 0 saturated heterocycles. The monoisotopic (exact) mass is 653 g/mol. The molecular formula is C41H80O5. The summed E-state index contributed by atoms with van der Waals surface area (Å²) in [6.45, 7) is 9.02. The largest absolute Gasteiger partial charge is 0.463 e. The average molecular weight is 653 g/mol. The fraction of sp³-hybridized carbons (Fsp3) is 0.951. The number of carbonyl (C=O) groups excluding carboxylic acids is 2. The number of aliphatic hydroxyl groups excluding tert-OH is 1. The minimum Gasteiger partial charge on any atom is -0.463 e. The van der Waals surface area contributed by atoms with Gasteiger partial charge in [0.25, 0.3) is 0 Å². The van der Waals surface area contributed by atoms with E-state index in [1.807, 2.05) is 0 Å². The standard InChI is InChI=1S/C41H80O5/c1-37(2)31-27-23-19-15-11-9-7-5-6-8-10-12-17-21-25-29-33-40(43)45-35-39(42)36-46-41(44)34-30-26-22-18-14-13-16-20-24-28-32-38(3)4/h37-39,42H,5-36H2,1-4H3/t39-/m0/s1. The lowest BCUT2D eigenvalue weighted by Crippen LogP contribution is -2.25. The van der Waals surface area contributed by atoms with Gasteiger partial charge < -0.3 is 14.6 Å². The van der Waals surface area contributed by atoms with Crippen LogP contribution < -0.4 is 0 Å². The van der Waals surface area contributed by atoms with Crippen LogP contribution in [-0.4, -0.2) is 36.4 Å². The molecule has 5 heteroatoms. The molecular weight excluding hydrogens is 572 g/mol. The van der Waals surface area contributed by atoms with Crippen LogP contribution in [-0.2, 0) is 19.1 Å². The Morgan fingerprint density at radius 2 is 0.609 bits per heavy atom. The third-order valence-corrected chi connectivity index (χ3v) is 9.20. The van der Waals surface area contributed by atoms with Gasteiger partial charge in [0, 0.05) is 12.8 Å². The van der Waals surface area contributed by atoms with E-state index in [2.05, 4.69) is 27.7 Å². The SMILES string of the molecule is CC(C)CCCCCCCCCCCCCCCCCCC(=O)OC[C@H](O)COC(=O)CCCCCCCCCCCCC(C)C. The first-order valence-electron chi connectivity index (χ1n) is 20.3. The van der Waals surface area contributed by atoms with E-state index in [1.54, 1.807) is 0 Å². The molecule has 0 aliphatic carbocycles. The van der Waals surface area contributed by atoms with Crippen molar-refractivity contribution in [2.24, 2.45) is 11.8 Å². The molecule has 0 aromatic rings. The van der Waals surface area contributed by atoms with E-state index >= 15 is 0 Å². The number of carbonyl (C=O) groups is 2. The summed E-state index contributed by atoms with van der Waals surface area (Å²) in [5.41, 5.74) is 0. The average Bonchev–Trinajstić information content (AvgIpc) is 3.02. The van der Waals surface area contributed by atoms with Crippen molar-refractivity contribution in [2.45, 2.75) is 226 Å². The van der Waals surface area contributed by atoms with Crippen LogP contribution >= 0.6 is 0 Å². The first-order chi connectivity index (χ1) is 22.3. The number of rotatable bonds is 36. The van der Waals surface area contributed by atoms with Crippen LogP contribution in [0.1, 0.15) is 220 Å². The first kappa shape index (κ1) is 44.9. The highest BCUT2D eigenvalue weighted by Gasteiger charge is 2.12. The molecule has 0 heterocycles. The van der Waals surface area contributed by atoms with Gasteiger partial charge in [0.15, 0.2) is 0 Å². The van der Waals surface area contributed by atoms with E-state index < -0.39 is 6.10 Å². The maximum absolute atomic E-state index is 12.0. The Bertz CT molecular complexity index is 647. The molecule has 0 aromatic heterocycles. The van der Waals surface area contributed by atoms with Gasteiger partial charge in [-0.15, -0.1) is 0 Å². The normalized spacial score (nSPS) is 12.2. The smallest absolute Gasteiger partial charge is 0.305 e. The van der Waals surface area contributed by atoms with Crippen LogP contribution in [0.2, 0.25) is 0 Å². The molecule has 1 N–H and O–H groups in total. The molecule has 0 saturated carbocycles. The third-order valence-electron chi connectivity index (χ3n) is 9.20. The van der Waals surface area contributed by atoms with Crippen LogP contribution in [0.5, 0.6) is 0 Å². The van der Waals surface area contributed by atoms with Crippen molar-refractivity contribution >= 4 is 11.9 Å². The molecule has 0 aliphatic heterocycles. The molecule has 5 nitrogen and oxygen atoms in total. The number of hydrogen-bond donors (Lipinski definition) is 1. The Balaban J connectivity index is 3.37. The molecule has 274 valence electrons. The Morgan fingerprint density at radius 3 is 0.848 bits per heavy atom. The lowest BCUT2D eigenvalue weighted by molar-refractivity contribution is -0.152. The third kappa shape index (κ3) is 37.4. The second-order valence-electron chi connectivity index (χ2n) is 15.1. The van der Waals surface area contributed by atoms with E-state index in [1.165, 1.54) is 154 Å². The number of hydrogen-bond acceptors (Lipinski definition) is 5. The van der Waals surface area contributed by atoms with Crippen molar-refractivity contribution in [1.29, 1.82) is 0 Å². The van der Waals surface area contributed by atoms with Crippen molar-refractivity contribution in [2.75, 3.05) is 13.2 Å². The van der Waals surface area contributed by atoms with Crippen LogP contribution in [0, 0.1) is 11.8 Å². The summed E-state index contributed by atoms with van der Waals surface area (Å²) in [6.07, 6.45) is 35.9. The second-order valence-corrected chi connectivity index (χ2v) is 15.1. The minimum atomic E-state index is -0.956. The molecule has 0 aromatic carbocycles. The molecule has 0 fully saturated rings. The van der Waals surface area contributed by atoms with Gasteiger partial charge in [0.1, 0.15) is 19.3 Å². The van der Waals surface area contributed by atoms with Crippen molar-refractivity contribution in [3.8, 4) is 0 Å². The summed E-state index contributed by atoms with van der Waals surface area (Å²) in [5, 5.41) is 10.0. The Kier molecular flexibility index (Phi) is 34.4. The first-order valence-corrected chi connectivity index (χ1v) is 20.3. The summed E-state index contributed by atoms with van der Waals surface area (Å²) in [7, 11) is 0. The van der Waals surface area contributed by atoms with Gasteiger partial charge in [0.05, 0.1) is 0 Å². The highest BCUT2D eigenvalue weighted by molar-refractivity contribution is 5.69. The zero-order valence-electron chi connectivity index (χ0n) is 31.4. The number of aliphatic hydroxyl groups is 1. The van der Waals surface area contributed by atoms with Gasteiger partial charge in [-0.3, -0.25) is 9.59 Å². The Hall–Kier alpha value is -1.10. The van der Waals surface area contributed by atoms with Gasteiger partial charge in [-0.05, 0) is 24.7 Å². The number of unbranched alkanes of at least 4 members (excludes halogenated alkanes) is 24. The Labute approximate surface area is 287 Å². The van der Waals surface area contributed by atoms with Crippen LogP contribution in [0.15, 0.2) is 0 Å². The highest BCUT2D eigenvalue weighted by atomic mass is 16.6. The van der Waals surface area contributed by atoms with Gasteiger partial charge >= 0.3 is 11.9 Å². The summed E-state index contributed by atoms with van der Waals surface area (Å²) in [5.74, 6) is 1.13. The van der Waals surface area contributed by atoms with Crippen LogP contribution in [0.4, 0.5) is 0 Å². The number of ether oxygens (including phenoxy) is 2. The van der Waals surface area contributed by atoms with E-state index in [0.29, 0.717) is 12.8 Å². The summed E-state index contributed by atoms with van der Waals surface area (Å²) in [4.78, 5) is 23.9. The van der Waals surface area contributed by atoms with E-state index in [9.17, 15) is 14.7 Å². The molecule has 1 atom stereocenters. The Morgan fingerprint density at radius 1 is 0.391 bits per heavy atom. The molecule has 0 spiro atoms. The predicted octanol–water partition coefficient (Wildman–Crippen LogP) is 12.4. The van der Waals surface area contributed by atoms with E-state index in [-0.39, 0.29) is 25.2 Å². The topological polar surface area (TPSA) is 72.8 Å². The maximum atomic E-state index is 12.0. The summed E-state index contributed by atoms with van der Waals surface area (Å²) >= 11 is 0. The molecule has 0 aliphatic rings. The van der Waals surface area contributed by atoms with Crippen molar-refractivity contribution < 1.29 is 24.2 Å². The summed E-state index contributed by atoms with van der Waals surface area (Å²) in [6, 6.07) is 0. The van der Waals surface area contributed by atoms with Gasteiger partial charge in [-0.25, -0.2) is 0 Å². The molecule has 0 bridgehead atoms. The number of esters is 2. The highest BCUT2D eigenvalue weighted by Crippen LogP contribution is 2.16. The lowest BCUT2D eigenvalue weighted by atomic mass is 10.0. The van der Waals surface area contributed by atoms with Crippen molar-refractivity contribution in [3.05, 3.63) is 0 Å². The molecule has 46 heavy (non-hydrogen) atoms. The minimum absolute atomic E-state index is 0.109. The van der Waals surface area contributed by atoms with Gasteiger partial charge in [-0.1, -0.05) is 195 Å². The quantitative estimate of drug-likeness (QED) is 0.0538. The lowest BCUT2D eigenvalue weighted by Gasteiger charge is -2.12. The van der Waals surface area contributed by atoms with E-state index in [0.717, 1.165) is 37.5 Å². The fourth-order valence-corrected chi connectivity index (χ4v) is 6.10. The maximum Gasteiger partial charge on any atom is 0.305 e. The zero-order valence-corrected chi connectivity index (χ0v) is 31.4. The van der Waals surface area contributed by atoms with Crippen LogP contribution in [0.3, 0.4) is 0 Å². The molecule has 0 radical (unpaired) electrons. The fourth-order valence-electron chi connectivity index (χ4n) is 6.10.